The second-order valence-electron chi connectivity index (χ2n) is 23.5. The molecule has 330 valence electrons. The lowest BCUT2D eigenvalue weighted by atomic mass is 9.43. The summed E-state index contributed by atoms with van der Waals surface area (Å²) in [6.45, 7) is 21.4. The third-order valence-corrected chi connectivity index (χ3v) is 18.5. The van der Waals surface area contributed by atoms with Crippen molar-refractivity contribution in [3.63, 3.8) is 0 Å². The maximum atomic E-state index is 7.06. The Hall–Kier alpha value is -6.56. The molecule has 4 aliphatic rings. The molecule has 0 atom stereocenters. The number of fused-ring (bicyclic) bond motifs is 18. The van der Waals surface area contributed by atoms with Crippen LogP contribution in [0.15, 0.2) is 138 Å². The minimum absolute atomic E-state index is 0.0268. The lowest BCUT2D eigenvalue weighted by Gasteiger charge is -2.42. The van der Waals surface area contributed by atoms with Gasteiger partial charge >= 0.3 is 6.85 Å². The molecule has 5 heteroatoms. The maximum absolute atomic E-state index is 7.06. The van der Waals surface area contributed by atoms with Gasteiger partial charge < -0.3 is 13.8 Å². The van der Waals surface area contributed by atoms with Gasteiger partial charge in [-0.15, -0.1) is 11.3 Å². The molecular weight excluding hydrogens is 844 g/mol. The van der Waals surface area contributed by atoms with E-state index in [4.69, 9.17) is 4.42 Å². The van der Waals surface area contributed by atoms with Crippen molar-refractivity contribution in [2.75, 3.05) is 4.81 Å². The van der Waals surface area contributed by atoms with E-state index in [1.165, 1.54) is 144 Å². The minimum Gasteiger partial charge on any atom is -0.456 e. The zero-order valence-corrected chi connectivity index (χ0v) is 41.2. The quantitative estimate of drug-likeness (QED) is 0.153. The van der Waals surface area contributed by atoms with Crippen LogP contribution in [0.4, 0.5) is 11.4 Å². The lowest BCUT2D eigenvalue weighted by Crippen LogP contribution is -2.60. The van der Waals surface area contributed by atoms with Gasteiger partial charge in [-0.3, -0.25) is 0 Å². The number of benzene rings is 8. The van der Waals surface area contributed by atoms with Crippen LogP contribution < -0.4 is 15.7 Å². The standard InChI is InChI=1S/C63H53BN2OS/c1-60(2,3)34-18-20-35(21-19-34)66-52-29-44-43-27-48-49(62(6,7)25-24-61(48,4)5)32-55(43)67-54(44)30-42(52)38-22-23-39-41-26-45-37-15-11-13-17-56(37)68-57(45)33-51(41)65-53-28-40-36-14-10-12-16-46(36)63(8,9)47(40)31-50(53)64(66)58(38)59(39)65/h10-23,26-33H,24-25H2,1-9H3. The first-order valence-electron chi connectivity index (χ1n) is 24.7. The van der Waals surface area contributed by atoms with E-state index in [2.05, 4.69) is 205 Å². The molecule has 0 N–H and O–H groups in total. The average molecular weight is 897 g/mol. The van der Waals surface area contributed by atoms with Crippen LogP contribution in [0.5, 0.6) is 0 Å². The summed E-state index contributed by atoms with van der Waals surface area (Å²) in [5, 5.41) is 7.68. The first kappa shape index (κ1) is 39.4. The van der Waals surface area contributed by atoms with Crippen molar-refractivity contribution in [1.29, 1.82) is 0 Å². The van der Waals surface area contributed by atoms with Gasteiger partial charge in [0.05, 0.1) is 11.0 Å². The van der Waals surface area contributed by atoms with Crippen molar-refractivity contribution in [1.82, 2.24) is 4.57 Å². The average Bonchev–Trinajstić information content (AvgIpc) is 4.03. The normalized spacial score (nSPS) is 17.1. The molecule has 3 nitrogen and oxygen atoms in total. The molecule has 0 saturated carbocycles. The van der Waals surface area contributed by atoms with Crippen molar-refractivity contribution in [2.24, 2.45) is 0 Å². The van der Waals surface area contributed by atoms with Gasteiger partial charge in [-0.25, -0.2) is 0 Å². The Labute approximate surface area is 402 Å². The summed E-state index contributed by atoms with van der Waals surface area (Å²) >= 11 is 1.91. The van der Waals surface area contributed by atoms with Crippen LogP contribution in [0.1, 0.15) is 103 Å². The maximum Gasteiger partial charge on any atom is 0.333 e. The summed E-state index contributed by atoms with van der Waals surface area (Å²) in [4.78, 5) is 2.71. The van der Waals surface area contributed by atoms with E-state index in [1.54, 1.807) is 0 Å². The van der Waals surface area contributed by atoms with Gasteiger partial charge in [0.15, 0.2) is 0 Å². The second-order valence-corrected chi connectivity index (χ2v) is 24.6. The van der Waals surface area contributed by atoms with Crippen molar-refractivity contribution in [2.45, 2.75) is 96.8 Å². The van der Waals surface area contributed by atoms with Crippen LogP contribution in [0.3, 0.4) is 0 Å². The minimum atomic E-state index is -0.160. The lowest BCUT2D eigenvalue weighted by molar-refractivity contribution is 0.332. The van der Waals surface area contributed by atoms with Crippen LogP contribution in [-0.4, -0.2) is 11.4 Å². The highest BCUT2D eigenvalue weighted by atomic mass is 32.1. The first-order valence-corrected chi connectivity index (χ1v) is 25.5. The van der Waals surface area contributed by atoms with Gasteiger partial charge in [0, 0.05) is 69.8 Å². The monoisotopic (exact) mass is 896 g/mol. The molecule has 0 amide bonds. The molecule has 11 aromatic rings. The highest BCUT2D eigenvalue weighted by Gasteiger charge is 2.47. The van der Waals surface area contributed by atoms with E-state index < -0.39 is 0 Å². The number of hydrogen-bond acceptors (Lipinski definition) is 3. The molecule has 0 radical (unpaired) electrons. The summed E-state index contributed by atoms with van der Waals surface area (Å²) < 4.78 is 12.4. The number of anilines is 2. The van der Waals surface area contributed by atoms with Gasteiger partial charge in [-0.1, -0.05) is 135 Å². The Bertz CT molecular complexity index is 4110. The van der Waals surface area contributed by atoms with Crippen molar-refractivity contribution in [3.05, 3.63) is 161 Å². The molecule has 68 heavy (non-hydrogen) atoms. The summed E-state index contributed by atoms with van der Waals surface area (Å²) in [5.74, 6) is 0. The smallest absolute Gasteiger partial charge is 0.333 e. The van der Waals surface area contributed by atoms with E-state index in [-0.39, 0.29) is 28.5 Å². The van der Waals surface area contributed by atoms with Crippen molar-refractivity contribution < 1.29 is 4.42 Å². The molecule has 0 bridgehead atoms. The third kappa shape index (κ3) is 4.91. The molecular formula is C63H53BN2OS. The molecule has 5 heterocycles. The SMILES string of the molecule is CC(C)(C)c1ccc(N2B3c4cc5c(cc4-n4c6cc7sc8ccccc8c7cc6c6ccc(c3c64)-c3cc4oc6cc7c(cc6c4cc32)C(C)(C)CCC7(C)C)-c2ccccc2C5(C)C)cc1. The number of furan rings is 1. The van der Waals surface area contributed by atoms with E-state index in [1.807, 2.05) is 11.3 Å². The summed E-state index contributed by atoms with van der Waals surface area (Å²) in [6, 6.07) is 52.4. The van der Waals surface area contributed by atoms with Crippen LogP contribution in [0, 0.1) is 0 Å². The number of thiophene rings is 1. The molecule has 2 aliphatic heterocycles. The highest BCUT2D eigenvalue weighted by Crippen LogP contribution is 2.54. The van der Waals surface area contributed by atoms with Crippen LogP contribution in [-0.2, 0) is 21.7 Å². The fraction of sp³-hybridized carbons (Fsp3) is 0.238. The number of nitrogens with zero attached hydrogens (tertiary/aromatic N) is 2. The predicted octanol–water partition coefficient (Wildman–Crippen LogP) is 16.2. The van der Waals surface area contributed by atoms with Gasteiger partial charge in [0.25, 0.3) is 0 Å². The van der Waals surface area contributed by atoms with E-state index in [0.717, 1.165) is 11.2 Å². The molecule has 0 saturated heterocycles. The van der Waals surface area contributed by atoms with Gasteiger partial charge in [-0.05, 0) is 145 Å². The van der Waals surface area contributed by atoms with E-state index >= 15 is 0 Å². The van der Waals surface area contributed by atoms with Gasteiger partial charge in [0.2, 0.25) is 0 Å². The van der Waals surface area contributed by atoms with E-state index in [9.17, 15) is 0 Å². The summed E-state index contributed by atoms with van der Waals surface area (Å²) in [6.07, 6.45) is 2.34. The first-order chi connectivity index (χ1) is 32.6. The fourth-order valence-corrected chi connectivity index (χ4v) is 14.7. The second kappa shape index (κ2) is 12.6. The van der Waals surface area contributed by atoms with Crippen LogP contribution in [0.25, 0.3) is 91.9 Å². The zero-order chi connectivity index (χ0) is 46.1. The Morgan fingerprint density at radius 1 is 0.529 bits per heavy atom. The largest absolute Gasteiger partial charge is 0.456 e. The summed E-state index contributed by atoms with van der Waals surface area (Å²) in [7, 11) is 0. The molecule has 0 spiro atoms. The van der Waals surface area contributed by atoms with E-state index in [0.29, 0.717) is 0 Å². The zero-order valence-electron chi connectivity index (χ0n) is 40.4. The van der Waals surface area contributed by atoms with Crippen LogP contribution >= 0.6 is 11.3 Å². The Morgan fingerprint density at radius 3 is 2.04 bits per heavy atom. The van der Waals surface area contributed by atoms with Crippen molar-refractivity contribution >= 4 is 104 Å². The molecule has 0 fully saturated rings. The molecule has 15 rings (SSSR count). The third-order valence-electron chi connectivity index (χ3n) is 17.4. The molecule has 2 aliphatic carbocycles. The molecule has 8 aromatic carbocycles. The van der Waals surface area contributed by atoms with Gasteiger partial charge in [-0.2, -0.15) is 0 Å². The number of hydrogen-bond donors (Lipinski definition) is 0. The summed E-state index contributed by atoms with van der Waals surface area (Å²) in [5.41, 5.74) is 23.2. The van der Waals surface area contributed by atoms with Crippen molar-refractivity contribution in [3.8, 4) is 27.9 Å². The number of rotatable bonds is 1. The molecule has 0 unspecified atom stereocenters. The van der Waals surface area contributed by atoms with Gasteiger partial charge in [0.1, 0.15) is 11.2 Å². The Kier molecular flexibility index (Phi) is 7.28. The molecule has 3 aromatic heterocycles. The topological polar surface area (TPSA) is 21.3 Å². The predicted molar refractivity (Wildman–Crippen MR) is 292 cm³/mol. The Balaban J connectivity index is 1.09. The fourth-order valence-electron chi connectivity index (χ4n) is 13.5. The van der Waals surface area contributed by atoms with Crippen LogP contribution in [0.2, 0.25) is 0 Å². The number of aromatic nitrogens is 1. The Morgan fingerprint density at radius 2 is 1.25 bits per heavy atom. The highest BCUT2D eigenvalue weighted by molar-refractivity contribution is 7.25.